The number of benzene rings is 1. The van der Waals surface area contributed by atoms with Gasteiger partial charge in [-0.3, -0.25) is 0 Å². The van der Waals surface area contributed by atoms with E-state index in [4.69, 9.17) is 0 Å². The summed E-state index contributed by atoms with van der Waals surface area (Å²) in [7, 11) is 0. The summed E-state index contributed by atoms with van der Waals surface area (Å²) in [5.41, 5.74) is 4.47. The molecule has 0 aliphatic carbocycles. The third-order valence-corrected chi connectivity index (χ3v) is 5.29. The van der Waals surface area contributed by atoms with Crippen LogP contribution in [0.15, 0.2) is 47.4 Å². The molecule has 1 heteroatoms. The van der Waals surface area contributed by atoms with Crippen LogP contribution in [0.2, 0.25) is 0 Å². The second kappa shape index (κ2) is 6.47. The molecule has 0 bridgehead atoms. The van der Waals surface area contributed by atoms with Crippen LogP contribution in [0.1, 0.15) is 44.2 Å². The van der Waals surface area contributed by atoms with Crippen LogP contribution in [0.5, 0.6) is 0 Å². The van der Waals surface area contributed by atoms with E-state index in [2.05, 4.69) is 51.6 Å². The molecule has 0 nitrogen and oxygen atoms in total. The molecule has 0 saturated heterocycles. The maximum Gasteiger partial charge on any atom is 0.0110 e. The van der Waals surface area contributed by atoms with Crippen LogP contribution in [0.3, 0.4) is 0 Å². The second-order valence-electron chi connectivity index (χ2n) is 5.47. The molecule has 102 valence electrons. The molecule has 1 aromatic rings. The van der Waals surface area contributed by atoms with Crippen molar-refractivity contribution in [1.82, 2.24) is 0 Å². The van der Waals surface area contributed by atoms with Gasteiger partial charge in [-0.25, -0.2) is 0 Å². The van der Waals surface area contributed by atoms with E-state index in [0.29, 0.717) is 11.8 Å². The molecule has 2 unspecified atom stereocenters. The van der Waals surface area contributed by atoms with Crippen LogP contribution < -0.4 is 0 Å². The number of thioether (sulfide) groups is 1. The normalized spacial score (nSPS) is 23.0. The lowest BCUT2D eigenvalue weighted by Gasteiger charge is -2.32. The van der Waals surface area contributed by atoms with Gasteiger partial charge in [0.2, 0.25) is 0 Å². The van der Waals surface area contributed by atoms with E-state index < -0.39 is 0 Å². The lowest BCUT2D eigenvalue weighted by molar-refractivity contribution is 0.552. The molecular formula is C18H24S. The number of aryl methyl sites for hydroxylation is 1. The Labute approximate surface area is 122 Å². The zero-order valence-corrected chi connectivity index (χ0v) is 13.1. The van der Waals surface area contributed by atoms with Crippen LogP contribution >= 0.6 is 11.8 Å². The summed E-state index contributed by atoms with van der Waals surface area (Å²) < 4.78 is 0. The largest absolute Gasteiger partial charge is 0.125 e. The Balaban J connectivity index is 2.26. The minimum Gasteiger partial charge on any atom is -0.125 e. The molecule has 1 aromatic carbocycles. The predicted molar refractivity (Wildman–Crippen MR) is 87.0 cm³/mol. The van der Waals surface area contributed by atoms with Crippen LogP contribution in [0.4, 0.5) is 0 Å². The van der Waals surface area contributed by atoms with Gasteiger partial charge in [0, 0.05) is 10.6 Å². The number of hydrogen-bond acceptors (Lipinski definition) is 1. The first-order valence-electron chi connectivity index (χ1n) is 7.22. The molecule has 1 aliphatic rings. The van der Waals surface area contributed by atoms with E-state index in [1.165, 1.54) is 40.2 Å². The monoisotopic (exact) mass is 272 g/mol. The van der Waals surface area contributed by atoms with Crippen molar-refractivity contribution in [2.24, 2.45) is 5.92 Å². The summed E-state index contributed by atoms with van der Waals surface area (Å²) in [5, 5.41) is 0. The van der Waals surface area contributed by atoms with Gasteiger partial charge >= 0.3 is 0 Å². The molecule has 0 fully saturated rings. The van der Waals surface area contributed by atoms with Crippen molar-refractivity contribution >= 4 is 11.8 Å². The zero-order valence-electron chi connectivity index (χ0n) is 12.3. The molecule has 0 radical (unpaired) electrons. The Morgan fingerprint density at radius 3 is 2.95 bits per heavy atom. The Morgan fingerprint density at radius 2 is 2.26 bits per heavy atom. The number of allylic oxidation sites excluding steroid dienone is 3. The fourth-order valence-corrected chi connectivity index (χ4v) is 4.47. The molecule has 0 spiro atoms. The van der Waals surface area contributed by atoms with Gasteiger partial charge in [0.05, 0.1) is 0 Å². The Kier molecular flexibility index (Phi) is 4.93. The molecule has 0 N–H and O–H groups in total. The fourth-order valence-electron chi connectivity index (χ4n) is 2.90. The predicted octanol–water partition coefficient (Wildman–Crippen LogP) is 5.60. The van der Waals surface area contributed by atoms with Crippen molar-refractivity contribution in [2.45, 2.75) is 44.4 Å². The van der Waals surface area contributed by atoms with Crippen molar-refractivity contribution in [1.29, 1.82) is 0 Å². The SMILES string of the molecule is C=C/C=C(\C)C1CSc2cc(CCC)ccc2C1C. The van der Waals surface area contributed by atoms with Gasteiger partial charge in [-0.2, -0.15) is 0 Å². The molecular weight excluding hydrogens is 248 g/mol. The lowest BCUT2D eigenvalue weighted by Crippen LogP contribution is -2.19. The Bertz CT molecular complexity index is 484. The van der Waals surface area contributed by atoms with Crippen LogP contribution in [0.25, 0.3) is 0 Å². The van der Waals surface area contributed by atoms with Gasteiger partial charge in [0.1, 0.15) is 0 Å². The highest BCUT2D eigenvalue weighted by Gasteiger charge is 2.27. The molecule has 2 atom stereocenters. The average Bonchev–Trinajstić information content (AvgIpc) is 2.39. The minimum atomic E-state index is 0.614. The average molecular weight is 272 g/mol. The van der Waals surface area contributed by atoms with Gasteiger partial charge in [-0.1, -0.05) is 56.7 Å². The Morgan fingerprint density at radius 1 is 1.47 bits per heavy atom. The highest BCUT2D eigenvalue weighted by Crippen LogP contribution is 2.43. The van der Waals surface area contributed by atoms with E-state index in [1.807, 2.05) is 17.8 Å². The molecule has 19 heavy (non-hydrogen) atoms. The lowest BCUT2D eigenvalue weighted by atomic mass is 9.83. The maximum absolute atomic E-state index is 3.81. The van der Waals surface area contributed by atoms with Gasteiger partial charge < -0.3 is 0 Å². The summed E-state index contributed by atoms with van der Waals surface area (Å²) in [6, 6.07) is 7.07. The smallest absolute Gasteiger partial charge is 0.0110 e. The van der Waals surface area contributed by atoms with Gasteiger partial charge in [0.25, 0.3) is 0 Å². The quantitative estimate of drug-likeness (QED) is 0.643. The van der Waals surface area contributed by atoms with Crippen LogP contribution in [-0.4, -0.2) is 5.75 Å². The summed E-state index contributed by atoms with van der Waals surface area (Å²) >= 11 is 2.02. The number of hydrogen-bond donors (Lipinski definition) is 0. The first-order chi connectivity index (χ1) is 9.17. The third kappa shape index (κ3) is 3.14. The van der Waals surface area contributed by atoms with Crippen LogP contribution in [0, 0.1) is 5.92 Å². The molecule has 0 aromatic heterocycles. The number of rotatable bonds is 4. The summed E-state index contributed by atoms with van der Waals surface area (Å²) in [5.74, 6) is 2.45. The first kappa shape index (κ1) is 14.5. The maximum atomic E-state index is 3.81. The summed E-state index contributed by atoms with van der Waals surface area (Å²) in [6.07, 6.45) is 6.49. The molecule has 2 rings (SSSR count). The molecule has 0 amide bonds. The van der Waals surface area contributed by atoms with E-state index in [-0.39, 0.29) is 0 Å². The summed E-state index contributed by atoms with van der Waals surface area (Å²) in [6.45, 7) is 10.7. The number of fused-ring (bicyclic) bond motifs is 1. The van der Waals surface area contributed by atoms with Crippen molar-refractivity contribution in [3.63, 3.8) is 0 Å². The zero-order chi connectivity index (χ0) is 13.8. The van der Waals surface area contributed by atoms with E-state index in [1.54, 1.807) is 0 Å². The Hall–Kier alpha value is -0.950. The third-order valence-electron chi connectivity index (χ3n) is 4.09. The topological polar surface area (TPSA) is 0 Å². The molecule has 0 saturated carbocycles. The van der Waals surface area contributed by atoms with Gasteiger partial charge in [0.15, 0.2) is 0 Å². The second-order valence-corrected chi connectivity index (χ2v) is 6.54. The molecule has 1 heterocycles. The van der Waals surface area contributed by atoms with E-state index >= 15 is 0 Å². The standard InChI is InChI=1S/C18H24S/c1-5-7-13(3)17-12-19-18-11-15(8-6-2)9-10-16(18)14(17)4/h5,7,9-11,14,17H,1,6,8,12H2,2-4H3/b13-7+. The highest BCUT2D eigenvalue weighted by atomic mass is 32.2. The minimum absolute atomic E-state index is 0.614. The van der Waals surface area contributed by atoms with Crippen molar-refractivity contribution < 1.29 is 0 Å². The van der Waals surface area contributed by atoms with Crippen LogP contribution in [-0.2, 0) is 6.42 Å². The molecule has 1 aliphatic heterocycles. The van der Waals surface area contributed by atoms with Gasteiger partial charge in [-0.15, -0.1) is 11.8 Å². The van der Waals surface area contributed by atoms with E-state index in [9.17, 15) is 0 Å². The van der Waals surface area contributed by atoms with Gasteiger partial charge in [-0.05, 0) is 42.4 Å². The summed E-state index contributed by atoms with van der Waals surface area (Å²) in [4.78, 5) is 1.50. The highest BCUT2D eigenvalue weighted by molar-refractivity contribution is 7.99. The van der Waals surface area contributed by atoms with Crippen molar-refractivity contribution in [3.05, 3.63) is 53.6 Å². The first-order valence-corrected chi connectivity index (χ1v) is 8.20. The van der Waals surface area contributed by atoms with Crippen molar-refractivity contribution in [3.8, 4) is 0 Å². The fraction of sp³-hybridized carbons (Fsp3) is 0.444. The van der Waals surface area contributed by atoms with Crippen molar-refractivity contribution in [2.75, 3.05) is 5.75 Å². The van der Waals surface area contributed by atoms with E-state index in [0.717, 1.165) is 0 Å².